The van der Waals surface area contributed by atoms with E-state index in [1.807, 2.05) is 35.2 Å². The van der Waals surface area contributed by atoms with Crippen molar-refractivity contribution in [2.75, 3.05) is 31.1 Å². The second-order valence-electron chi connectivity index (χ2n) is 5.72. The minimum absolute atomic E-state index is 0.159. The first-order valence-electron chi connectivity index (χ1n) is 8.03. The Labute approximate surface area is 145 Å². The predicted molar refractivity (Wildman–Crippen MR) is 91.6 cm³/mol. The standard InChI is InChI=1S/C18H19N3O4/c22-17(23)15-6-7-16(19-12-15)20-8-10-21(11-9-20)18(24)25-13-14-4-2-1-3-5-14/h1-7,12H,8-11,13H2,(H,22,23). The van der Waals surface area contributed by atoms with E-state index in [0.29, 0.717) is 32.0 Å². The molecule has 1 saturated heterocycles. The maximum atomic E-state index is 12.1. The molecular weight excluding hydrogens is 322 g/mol. The Morgan fingerprint density at radius 2 is 1.76 bits per heavy atom. The number of nitrogens with zero attached hydrogens (tertiary/aromatic N) is 3. The third kappa shape index (κ3) is 4.26. The van der Waals surface area contributed by atoms with Crippen LogP contribution in [-0.2, 0) is 11.3 Å². The zero-order valence-electron chi connectivity index (χ0n) is 13.7. The van der Waals surface area contributed by atoms with E-state index in [2.05, 4.69) is 4.98 Å². The number of carboxylic acid groups (broad SMARTS) is 1. The maximum Gasteiger partial charge on any atom is 0.410 e. The van der Waals surface area contributed by atoms with Crippen molar-refractivity contribution in [3.63, 3.8) is 0 Å². The summed E-state index contributed by atoms with van der Waals surface area (Å²) < 4.78 is 5.34. The molecule has 1 aliphatic rings. The number of piperazine rings is 1. The second kappa shape index (κ2) is 7.65. The minimum atomic E-state index is -0.995. The van der Waals surface area contributed by atoms with Crippen LogP contribution in [0.1, 0.15) is 15.9 Å². The fourth-order valence-electron chi connectivity index (χ4n) is 2.63. The van der Waals surface area contributed by atoms with Crippen LogP contribution in [-0.4, -0.2) is 53.2 Å². The molecule has 130 valence electrons. The van der Waals surface area contributed by atoms with Crippen LogP contribution < -0.4 is 4.90 Å². The predicted octanol–water partition coefficient (Wildman–Crippen LogP) is 2.24. The quantitative estimate of drug-likeness (QED) is 0.918. The number of benzene rings is 1. The van der Waals surface area contributed by atoms with Crippen LogP contribution in [0.15, 0.2) is 48.7 Å². The Kier molecular flexibility index (Phi) is 5.13. The van der Waals surface area contributed by atoms with Crippen molar-refractivity contribution in [2.24, 2.45) is 0 Å². The number of carbonyl (C=O) groups excluding carboxylic acids is 1. The van der Waals surface area contributed by atoms with Crippen molar-refractivity contribution >= 4 is 17.9 Å². The van der Waals surface area contributed by atoms with Gasteiger partial charge in [-0.3, -0.25) is 0 Å². The van der Waals surface area contributed by atoms with Gasteiger partial charge < -0.3 is 19.6 Å². The molecule has 7 heteroatoms. The molecule has 1 N–H and O–H groups in total. The second-order valence-corrected chi connectivity index (χ2v) is 5.72. The lowest BCUT2D eigenvalue weighted by molar-refractivity contribution is 0.0696. The number of hydrogen-bond acceptors (Lipinski definition) is 5. The van der Waals surface area contributed by atoms with Gasteiger partial charge in [-0.2, -0.15) is 0 Å². The van der Waals surface area contributed by atoms with Crippen LogP contribution in [0.25, 0.3) is 0 Å². The molecule has 1 amide bonds. The lowest BCUT2D eigenvalue weighted by Crippen LogP contribution is -2.49. The van der Waals surface area contributed by atoms with E-state index >= 15 is 0 Å². The van der Waals surface area contributed by atoms with Crippen LogP contribution in [0.4, 0.5) is 10.6 Å². The van der Waals surface area contributed by atoms with Crippen molar-refractivity contribution < 1.29 is 19.4 Å². The summed E-state index contributed by atoms with van der Waals surface area (Å²) in [4.78, 5) is 30.9. The average molecular weight is 341 g/mol. The van der Waals surface area contributed by atoms with E-state index in [0.717, 1.165) is 5.56 Å². The van der Waals surface area contributed by atoms with Gasteiger partial charge in [0.25, 0.3) is 0 Å². The number of ether oxygens (including phenoxy) is 1. The molecule has 0 radical (unpaired) electrons. The molecular formula is C18H19N3O4. The van der Waals surface area contributed by atoms with E-state index in [1.54, 1.807) is 11.0 Å². The molecule has 1 fully saturated rings. The molecule has 0 aliphatic carbocycles. The van der Waals surface area contributed by atoms with Gasteiger partial charge in [-0.15, -0.1) is 0 Å². The highest BCUT2D eigenvalue weighted by atomic mass is 16.6. The molecule has 0 spiro atoms. The van der Waals surface area contributed by atoms with Gasteiger partial charge in [-0.1, -0.05) is 30.3 Å². The number of aromatic carboxylic acids is 1. The monoisotopic (exact) mass is 341 g/mol. The zero-order valence-corrected chi connectivity index (χ0v) is 13.7. The van der Waals surface area contributed by atoms with Crippen LogP contribution in [0, 0.1) is 0 Å². The lowest BCUT2D eigenvalue weighted by Gasteiger charge is -2.34. The number of pyridine rings is 1. The highest BCUT2D eigenvalue weighted by Gasteiger charge is 2.23. The topological polar surface area (TPSA) is 83.0 Å². The number of anilines is 1. The van der Waals surface area contributed by atoms with E-state index in [9.17, 15) is 9.59 Å². The number of rotatable bonds is 4. The van der Waals surface area contributed by atoms with Crippen molar-refractivity contribution in [1.29, 1.82) is 0 Å². The van der Waals surface area contributed by atoms with Gasteiger partial charge in [0.1, 0.15) is 12.4 Å². The molecule has 0 saturated carbocycles. The third-order valence-corrected chi connectivity index (χ3v) is 4.06. The Balaban J connectivity index is 1.49. The van der Waals surface area contributed by atoms with Crippen molar-refractivity contribution in [2.45, 2.75) is 6.61 Å². The van der Waals surface area contributed by atoms with Gasteiger partial charge in [0.15, 0.2) is 0 Å². The lowest BCUT2D eigenvalue weighted by atomic mass is 10.2. The summed E-state index contributed by atoms with van der Waals surface area (Å²) in [6.45, 7) is 2.59. The first kappa shape index (κ1) is 16.8. The third-order valence-electron chi connectivity index (χ3n) is 4.06. The number of carbonyl (C=O) groups is 2. The number of hydrogen-bond donors (Lipinski definition) is 1. The molecule has 2 aromatic rings. The SMILES string of the molecule is O=C(O)c1ccc(N2CCN(C(=O)OCc3ccccc3)CC2)nc1. The van der Waals surface area contributed by atoms with Crippen molar-refractivity contribution in [3.8, 4) is 0 Å². The van der Waals surface area contributed by atoms with E-state index in [-0.39, 0.29) is 18.3 Å². The summed E-state index contributed by atoms with van der Waals surface area (Å²) in [6.07, 6.45) is 1.02. The summed E-state index contributed by atoms with van der Waals surface area (Å²) >= 11 is 0. The van der Waals surface area contributed by atoms with E-state index < -0.39 is 5.97 Å². The smallest absolute Gasteiger partial charge is 0.410 e. The molecule has 0 unspecified atom stereocenters. The first-order valence-corrected chi connectivity index (χ1v) is 8.03. The molecule has 0 bridgehead atoms. The fraction of sp³-hybridized carbons (Fsp3) is 0.278. The Morgan fingerprint density at radius 1 is 1.04 bits per heavy atom. The highest BCUT2D eigenvalue weighted by Crippen LogP contribution is 2.15. The summed E-state index contributed by atoms with van der Waals surface area (Å²) in [6, 6.07) is 12.8. The Hall–Kier alpha value is -3.09. The van der Waals surface area contributed by atoms with Crippen LogP contribution in [0.5, 0.6) is 0 Å². The largest absolute Gasteiger partial charge is 0.478 e. The molecule has 25 heavy (non-hydrogen) atoms. The van der Waals surface area contributed by atoms with Gasteiger partial charge in [-0.25, -0.2) is 14.6 Å². The molecule has 3 rings (SSSR count). The Morgan fingerprint density at radius 3 is 2.36 bits per heavy atom. The summed E-state index contributed by atoms with van der Waals surface area (Å²) in [5, 5.41) is 8.90. The normalized spacial score (nSPS) is 14.2. The zero-order chi connectivity index (χ0) is 17.6. The van der Waals surface area contributed by atoms with E-state index in [1.165, 1.54) is 12.3 Å². The summed E-state index contributed by atoms with van der Waals surface area (Å²) in [5.74, 6) is -0.285. The van der Waals surface area contributed by atoms with Crippen molar-refractivity contribution in [1.82, 2.24) is 9.88 Å². The van der Waals surface area contributed by atoms with Gasteiger partial charge in [0.2, 0.25) is 0 Å². The average Bonchev–Trinajstić information content (AvgIpc) is 2.67. The van der Waals surface area contributed by atoms with Gasteiger partial charge >= 0.3 is 12.1 Å². The van der Waals surface area contributed by atoms with Gasteiger partial charge in [-0.05, 0) is 17.7 Å². The van der Waals surface area contributed by atoms with Crippen LogP contribution in [0.2, 0.25) is 0 Å². The number of amides is 1. The summed E-state index contributed by atoms with van der Waals surface area (Å²) in [7, 11) is 0. The van der Waals surface area contributed by atoms with E-state index in [4.69, 9.17) is 9.84 Å². The molecule has 1 aliphatic heterocycles. The minimum Gasteiger partial charge on any atom is -0.478 e. The first-order chi connectivity index (χ1) is 12.1. The molecule has 7 nitrogen and oxygen atoms in total. The van der Waals surface area contributed by atoms with Gasteiger partial charge in [0, 0.05) is 32.4 Å². The van der Waals surface area contributed by atoms with Crippen LogP contribution >= 0.6 is 0 Å². The molecule has 0 atom stereocenters. The molecule has 2 heterocycles. The fourth-order valence-corrected chi connectivity index (χ4v) is 2.63. The Bertz CT molecular complexity index is 726. The maximum absolute atomic E-state index is 12.1. The highest BCUT2D eigenvalue weighted by molar-refractivity contribution is 5.87. The number of aromatic nitrogens is 1. The van der Waals surface area contributed by atoms with Crippen LogP contribution in [0.3, 0.4) is 0 Å². The number of carboxylic acids is 1. The molecule has 1 aromatic heterocycles. The van der Waals surface area contributed by atoms with Gasteiger partial charge in [0.05, 0.1) is 5.56 Å². The summed E-state index contributed by atoms with van der Waals surface area (Å²) in [5.41, 5.74) is 1.11. The van der Waals surface area contributed by atoms with Crippen molar-refractivity contribution in [3.05, 3.63) is 59.8 Å². The molecule has 1 aromatic carbocycles.